The van der Waals surface area contributed by atoms with Crippen LogP contribution in [0.4, 0.5) is 23.4 Å². The molecular weight excluding hydrogens is 773 g/mol. The molecule has 0 spiro atoms. The Hall–Kier alpha value is -2.45. The van der Waals surface area contributed by atoms with Crippen molar-refractivity contribution in [2.45, 2.75) is 6.42 Å². The standard InChI is InChI=1S/C14H10ClF2N3O3.C13H6ClF2N3O2.CH2O3.2K.H/c1-23-14(22)12-13(19-5-4-18-12)20-10(21)6-7-8(16)2-3-9(17)11(7)15;14-9-6(16)2-1-5(15)7(9)8-11(20)10-12(19-13(8)21)18-4-3-17-10;2-1-4-3;;;/h2-5H,6H2,1H3,(H,19,20,21);1-4H,(H2,18,19,20,21);1,3H;;;/q;;;2*+1;-1/p-1. The molecule has 14 nitrogen and oxygen atoms in total. The molecule has 0 fully saturated rings. The van der Waals surface area contributed by atoms with Crippen LogP contribution in [0.3, 0.4) is 0 Å². The van der Waals surface area contributed by atoms with E-state index in [4.69, 9.17) is 33.3 Å². The average Bonchev–Trinajstić information content (AvgIpc) is 3.08. The number of esters is 1. The summed E-state index contributed by atoms with van der Waals surface area (Å²) in [4.78, 5) is 64.3. The van der Waals surface area contributed by atoms with Crippen LogP contribution in [0, 0.1) is 23.3 Å². The molecule has 0 aliphatic heterocycles. The van der Waals surface area contributed by atoms with Gasteiger partial charge in [-0.15, -0.1) is 0 Å². The Morgan fingerprint density at radius 1 is 0.920 bits per heavy atom. The smallest absolute Gasteiger partial charge is 1.00 e. The number of H-pyrrole nitrogens is 1. The largest absolute Gasteiger partial charge is 1.00 e. The van der Waals surface area contributed by atoms with E-state index in [0.717, 1.165) is 31.4 Å². The van der Waals surface area contributed by atoms with Crippen molar-refractivity contribution in [2.75, 3.05) is 12.4 Å². The summed E-state index contributed by atoms with van der Waals surface area (Å²) in [6, 6.07) is 3.37. The van der Waals surface area contributed by atoms with Gasteiger partial charge in [-0.1, -0.05) is 23.2 Å². The third-order valence-electron chi connectivity index (χ3n) is 5.76. The van der Waals surface area contributed by atoms with Crippen LogP contribution in [0.5, 0.6) is 5.75 Å². The second-order valence-corrected chi connectivity index (χ2v) is 9.39. The molecule has 5 rings (SSSR count). The number of anilines is 1. The van der Waals surface area contributed by atoms with E-state index in [-0.39, 0.29) is 139 Å². The SMILES string of the molecule is COC(=O)c1nccnc1NC(=O)Cc1c(F)ccc(F)c1Cl.O=CO[O-].O=c1[nH]c2nccnc2c(O)c1-c1c(F)ccc(F)c1Cl.[H-].[K+].[K+]. The molecule has 0 aliphatic rings. The second-order valence-electron chi connectivity index (χ2n) is 8.63. The molecule has 0 bridgehead atoms. The topological polar surface area (TPSA) is 209 Å². The van der Waals surface area contributed by atoms with Crippen molar-refractivity contribution in [1.29, 1.82) is 0 Å². The zero-order chi connectivity index (χ0) is 35.5. The van der Waals surface area contributed by atoms with E-state index in [2.05, 4.69) is 39.9 Å². The van der Waals surface area contributed by atoms with Crippen LogP contribution in [0.25, 0.3) is 22.3 Å². The first-order valence-electron chi connectivity index (χ1n) is 12.6. The van der Waals surface area contributed by atoms with Gasteiger partial charge in [0.2, 0.25) is 5.91 Å². The molecule has 0 aliphatic carbocycles. The molecule has 0 atom stereocenters. The predicted molar refractivity (Wildman–Crippen MR) is 158 cm³/mol. The van der Waals surface area contributed by atoms with E-state index in [0.29, 0.717) is 0 Å². The number of methoxy groups -OCH3 is 1. The van der Waals surface area contributed by atoms with Gasteiger partial charge in [-0.05, 0) is 24.3 Å². The fourth-order valence-electron chi connectivity index (χ4n) is 3.73. The first-order valence-corrected chi connectivity index (χ1v) is 13.3. The van der Waals surface area contributed by atoms with Crippen molar-refractivity contribution in [3.05, 3.63) is 104 Å². The molecule has 0 radical (unpaired) electrons. The number of amides is 1. The van der Waals surface area contributed by atoms with Gasteiger partial charge in [-0.25, -0.2) is 42.3 Å². The van der Waals surface area contributed by atoms with Gasteiger partial charge in [0.25, 0.3) is 12.0 Å². The Labute approximate surface area is 374 Å². The van der Waals surface area contributed by atoms with E-state index >= 15 is 0 Å². The van der Waals surface area contributed by atoms with Gasteiger partial charge in [-0.2, -0.15) is 0 Å². The number of hydrogen-bond acceptors (Lipinski definition) is 12. The van der Waals surface area contributed by atoms with Crippen molar-refractivity contribution in [3.8, 4) is 16.9 Å². The van der Waals surface area contributed by atoms with Crippen molar-refractivity contribution < 1.29 is 156 Å². The number of pyridine rings is 1. The van der Waals surface area contributed by atoms with E-state index in [9.17, 15) is 37.1 Å². The quantitative estimate of drug-likeness (QED) is 0.0312. The molecule has 50 heavy (non-hydrogen) atoms. The van der Waals surface area contributed by atoms with Crippen LogP contribution in [-0.4, -0.2) is 55.5 Å². The molecule has 1 amide bonds. The number of benzene rings is 2. The van der Waals surface area contributed by atoms with Crippen molar-refractivity contribution in [3.63, 3.8) is 0 Å². The van der Waals surface area contributed by atoms with Crippen LogP contribution in [0.2, 0.25) is 10.0 Å². The number of nitrogens with zero attached hydrogens (tertiary/aromatic N) is 4. The van der Waals surface area contributed by atoms with Crippen LogP contribution in [0.15, 0.2) is 53.8 Å². The fraction of sp³-hybridized carbons (Fsp3) is 0.0714. The molecule has 252 valence electrons. The number of hydrogen-bond donors (Lipinski definition) is 3. The van der Waals surface area contributed by atoms with E-state index < -0.39 is 74.0 Å². The Morgan fingerprint density at radius 2 is 1.46 bits per heavy atom. The number of ether oxygens (including phenoxy) is 1. The van der Waals surface area contributed by atoms with Gasteiger partial charge < -0.3 is 31.7 Å². The van der Waals surface area contributed by atoms with Crippen molar-refractivity contribution in [2.24, 2.45) is 0 Å². The van der Waals surface area contributed by atoms with Crippen LogP contribution in [0.1, 0.15) is 17.5 Å². The molecule has 0 unspecified atom stereocenters. The third kappa shape index (κ3) is 11.5. The minimum Gasteiger partial charge on any atom is -1.00 e. The number of nitrogens with one attached hydrogen (secondary N) is 2. The van der Waals surface area contributed by atoms with E-state index in [1.807, 2.05) is 0 Å². The van der Waals surface area contributed by atoms with Crippen LogP contribution >= 0.6 is 23.2 Å². The van der Waals surface area contributed by atoms with Gasteiger partial charge in [0.1, 0.15) is 28.8 Å². The molecule has 3 N–H and O–H groups in total. The number of carbonyl (C=O) groups excluding carboxylic acids is 3. The molecule has 3 heterocycles. The Kier molecular flexibility index (Phi) is 19.9. The summed E-state index contributed by atoms with van der Waals surface area (Å²) >= 11 is 11.4. The first-order chi connectivity index (χ1) is 22.9. The minimum absolute atomic E-state index is 0. The van der Waals surface area contributed by atoms with Crippen LogP contribution < -0.4 is 119 Å². The summed E-state index contributed by atoms with van der Waals surface area (Å²) in [6.07, 6.45) is 4.54. The van der Waals surface area contributed by atoms with Crippen molar-refractivity contribution in [1.82, 2.24) is 24.9 Å². The van der Waals surface area contributed by atoms with Gasteiger partial charge in [0.05, 0.1) is 29.1 Å². The van der Waals surface area contributed by atoms with Gasteiger partial charge in [-0.3, -0.25) is 14.4 Å². The maximum Gasteiger partial charge on any atom is 1.00 e. The number of aromatic hydroxyl groups is 1. The molecule has 5 aromatic rings. The predicted octanol–water partition coefficient (Wildman–Crippen LogP) is -2.45. The Bertz CT molecular complexity index is 2070. The summed E-state index contributed by atoms with van der Waals surface area (Å²) in [5.74, 6) is -5.84. The monoisotopic (exact) mass is 790 g/mol. The molecule has 2 aromatic carbocycles. The third-order valence-corrected chi connectivity index (χ3v) is 6.54. The summed E-state index contributed by atoms with van der Waals surface area (Å²) < 4.78 is 58.9. The minimum atomic E-state index is -0.939. The zero-order valence-corrected chi connectivity index (χ0v) is 33.5. The molecule has 3 aromatic heterocycles. The second kappa shape index (κ2) is 21.8. The molecular formula is C28H18Cl2F4K2N6O8. The Balaban J connectivity index is 0.000000844. The van der Waals surface area contributed by atoms with E-state index in [1.54, 1.807) is 0 Å². The number of aromatic nitrogens is 5. The number of carbonyl (C=O) groups is 3. The Morgan fingerprint density at radius 3 is 2.08 bits per heavy atom. The van der Waals surface area contributed by atoms with Gasteiger partial charge >= 0.3 is 109 Å². The van der Waals surface area contributed by atoms with E-state index in [1.165, 1.54) is 24.8 Å². The van der Waals surface area contributed by atoms with Crippen molar-refractivity contribution >= 4 is 58.5 Å². The average molecular weight is 792 g/mol. The first kappa shape index (κ1) is 45.6. The van der Waals surface area contributed by atoms with Crippen LogP contribution in [-0.2, 0) is 25.6 Å². The maximum atomic E-state index is 13.9. The number of fused-ring (bicyclic) bond motifs is 1. The number of rotatable bonds is 6. The summed E-state index contributed by atoms with van der Waals surface area (Å²) in [6.45, 7) is -0.181. The zero-order valence-electron chi connectivity index (χ0n) is 26.8. The number of aromatic amines is 1. The summed E-state index contributed by atoms with van der Waals surface area (Å²) in [5, 5.41) is 19.8. The summed E-state index contributed by atoms with van der Waals surface area (Å²) in [5.41, 5.74) is -2.41. The molecule has 0 saturated carbocycles. The van der Waals surface area contributed by atoms with Gasteiger partial charge in [0.15, 0.2) is 22.9 Å². The maximum absolute atomic E-state index is 13.9. The molecule has 22 heteroatoms. The number of halogens is 6. The molecule has 0 saturated heterocycles. The normalized spacial score (nSPS) is 9.76. The fourth-order valence-corrected chi connectivity index (χ4v) is 4.20. The summed E-state index contributed by atoms with van der Waals surface area (Å²) in [7, 11) is 1.14. The van der Waals surface area contributed by atoms with Gasteiger partial charge in [0, 0.05) is 35.9 Å².